The molecule has 1 aromatic carbocycles. The van der Waals surface area contributed by atoms with Crippen LogP contribution in [0.15, 0.2) is 24.3 Å². The number of anilines is 1. The quantitative estimate of drug-likeness (QED) is 0.719. The van der Waals surface area contributed by atoms with E-state index in [0.717, 1.165) is 11.4 Å². The molecule has 1 atom stereocenters. The van der Waals surface area contributed by atoms with E-state index >= 15 is 0 Å². The van der Waals surface area contributed by atoms with Crippen molar-refractivity contribution in [1.29, 1.82) is 0 Å². The molecule has 0 amide bonds. The van der Waals surface area contributed by atoms with Gasteiger partial charge in [-0.15, -0.1) is 0 Å². The predicted octanol–water partition coefficient (Wildman–Crippen LogP) is 1.42. The molecule has 0 spiro atoms. The van der Waals surface area contributed by atoms with Gasteiger partial charge in [-0.2, -0.15) is 0 Å². The fraction of sp³-hybridized carbons (Fsp3) is 0.462. The van der Waals surface area contributed by atoms with Crippen LogP contribution >= 0.6 is 0 Å². The van der Waals surface area contributed by atoms with Gasteiger partial charge in [0.2, 0.25) is 0 Å². The van der Waals surface area contributed by atoms with E-state index in [0.29, 0.717) is 6.61 Å². The molecular formula is C13H19NO4. The summed E-state index contributed by atoms with van der Waals surface area (Å²) < 4.78 is 9.92. The molecule has 18 heavy (non-hydrogen) atoms. The third-order valence-electron chi connectivity index (χ3n) is 2.35. The average Bonchev–Trinajstić information content (AvgIpc) is 2.38. The second kappa shape index (κ2) is 7.55. The highest BCUT2D eigenvalue weighted by Crippen LogP contribution is 2.23. The van der Waals surface area contributed by atoms with Gasteiger partial charge >= 0.3 is 5.97 Å². The molecule has 1 unspecified atom stereocenters. The summed E-state index contributed by atoms with van der Waals surface area (Å²) in [6.45, 7) is 2.74. The number of carbonyl (C=O) groups is 1. The van der Waals surface area contributed by atoms with Crippen molar-refractivity contribution >= 4 is 11.7 Å². The Balaban J connectivity index is 2.49. The molecule has 0 saturated heterocycles. The zero-order valence-electron chi connectivity index (χ0n) is 10.7. The lowest BCUT2D eigenvalue weighted by Crippen LogP contribution is -2.23. The minimum atomic E-state index is -0.785. The molecule has 0 radical (unpaired) electrons. The fourth-order valence-electron chi connectivity index (χ4n) is 1.47. The van der Waals surface area contributed by atoms with Gasteiger partial charge in [-0.05, 0) is 19.1 Å². The van der Waals surface area contributed by atoms with E-state index in [1.54, 1.807) is 0 Å². The summed E-state index contributed by atoms with van der Waals surface area (Å²) in [5.74, 6) is 0.299. The van der Waals surface area contributed by atoms with Gasteiger partial charge in [-0.1, -0.05) is 12.1 Å². The van der Waals surface area contributed by atoms with Gasteiger partial charge in [-0.25, -0.2) is 0 Å². The summed E-state index contributed by atoms with van der Waals surface area (Å²) >= 11 is 0. The molecule has 0 aromatic heterocycles. The maximum absolute atomic E-state index is 11.0. The lowest BCUT2D eigenvalue weighted by Gasteiger charge is -2.14. The van der Waals surface area contributed by atoms with Crippen molar-refractivity contribution in [1.82, 2.24) is 0 Å². The van der Waals surface area contributed by atoms with Crippen LogP contribution in [0.5, 0.6) is 5.75 Å². The van der Waals surface area contributed by atoms with Gasteiger partial charge in [0, 0.05) is 6.54 Å². The Labute approximate surface area is 107 Å². The van der Waals surface area contributed by atoms with Crippen LogP contribution < -0.4 is 10.1 Å². The lowest BCUT2D eigenvalue weighted by atomic mass is 10.2. The second-order valence-corrected chi connectivity index (χ2v) is 3.74. The average molecular weight is 253 g/mol. The highest BCUT2D eigenvalue weighted by atomic mass is 16.5. The number of benzene rings is 1. The summed E-state index contributed by atoms with van der Waals surface area (Å²) in [6, 6.07) is 7.45. The van der Waals surface area contributed by atoms with E-state index in [1.165, 1.54) is 7.11 Å². The Morgan fingerprint density at radius 2 is 2.17 bits per heavy atom. The van der Waals surface area contributed by atoms with Crippen LogP contribution in [0.2, 0.25) is 0 Å². The molecule has 0 bridgehead atoms. The van der Waals surface area contributed by atoms with Gasteiger partial charge in [0.15, 0.2) is 0 Å². The third-order valence-corrected chi connectivity index (χ3v) is 2.35. The minimum Gasteiger partial charge on any atom is -0.492 e. The molecule has 1 rings (SSSR count). The van der Waals surface area contributed by atoms with E-state index in [1.807, 2.05) is 31.2 Å². The standard InChI is InChI=1S/C13H19NO4/c1-3-18-12-7-5-4-6-11(12)14-9-10(15)8-13(16)17-2/h4-7,10,14-15H,3,8-9H2,1-2H3. The van der Waals surface area contributed by atoms with Crippen molar-refractivity contribution < 1.29 is 19.4 Å². The number of para-hydroxylation sites is 2. The van der Waals surface area contributed by atoms with Crippen molar-refractivity contribution in [3.05, 3.63) is 24.3 Å². The van der Waals surface area contributed by atoms with Crippen LogP contribution in [-0.4, -0.2) is 37.4 Å². The SMILES string of the molecule is CCOc1ccccc1NCC(O)CC(=O)OC. The minimum absolute atomic E-state index is 0.0275. The monoisotopic (exact) mass is 253 g/mol. The fourth-order valence-corrected chi connectivity index (χ4v) is 1.47. The maximum atomic E-state index is 11.0. The topological polar surface area (TPSA) is 67.8 Å². The molecule has 0 aliphatic heterocycles. The number of nitrogens with one attached hydrogen (secondary N) is 1. The van der Waals surface area contributed by atoms with Crippen molar-refractivity contribution in [2.75, 3.05) is 25.6 Å². The Morgan fingerprint density at radius 1 is 1.44 bits per heavy atom. The van der Waals surface area contributed by atoms with Crippen molar-refractivity contribution in [2.24, 2.45) is 0 Å². The Kier molecular flexibility index (Phi) is 6.00. The Hall–Kier alpha value is -1.75. The van der Waals surface area contributed by atoms with Gasteiger partial charge in [0.1, 0.15) is 5.75 Å². The van der Waals surface area contributed by atoms with Crippen LogP contribution in [0.4, 0.5) is 5.69 Å². The van der Waals surface area contributed by atoms with Crippen LogP contribution in [0.25, 0.3) is 0 Å². The molecule has 100 valence electrons. The molecule has 0 saturated carbocycles. The number of esters is 1. The zero-order valence-corrected chi connectivity index (χ0v) is 10.7. The van der Waals surface area contributed by atoms with E-state index in [9.17, 15) is 9.90 Å². The van der Waals surface area contributed by atoms with Crippen molar-refractivity contribution in [3.63, 3.8) is 0 Å². The highest BCUT2D eigenvalue weighted by Gasteiger charge is 2.11. The molecule has 5 heteroatoms. The first kappa shape index (κ1) is 14.3. The largest absolute Gasteiger partial charge is 0.492 e. The normalized spacial score (nSPS) is 11.7. The molecule has 0 heterocycles. The Bertz CT molecular complexity index is 381. The van der Waals surface area contributed by atoms with Gasteiger partial charge < -0.3 is 19.9 Å². The summed E-state index contributed by atoms with van der Waals surface area (Å²) in [5.41, 5.74) is 0.795. The van der Waals surface area contributed by atoms with Gasteiger partial charge in [0.25, 0.3) is 0 Å². The number of hydrogen-bond acceptors (Lipinski definition) is 5. The lowest BCUT2D eigenvalue weighted by molar-refractivity contribution is -0.142. The molecule has 0 fully saturated rings. The van der Waals surface area contributed by atoms with E-state index < -0.39 is 12.1 Å². The summed E-state index contributed by atoms with van der Waals surface area (Å²) in [6.07, 6.45) is -0.813. The number of methoxy groups -OCH3 is 1. The van der Waals surface area contributed by atoms with Crippen molar-refractivity contribution in [3.8, 4) is 5.75 Å². The van der Waals surface area contributed by atoms with Crippen LogP contribution in [-0.2, 0) is 9.53 Å². The highest BCUT2D eigenvalue weighted by molar-refractivity contribution is 5.69. The zero-order chi connectivity index (χ0) is 13.4. The maximum Gasteiger partial charge on any atom is 0.308 e. The number of aliphatic hydroxyl groups is 1. The number of hydrogen-bond donors (Lipinski definition) is 2. The first-order chi connectivity index (χ1) is 8.67. The molecule has 5 nitrogen and oxygen atoms in total. The summed E-state index contributed by atoms with van der Waals surface area (Å²) in [5, 5.41) is 12.7. The second-order valence-electron chi connectivity index (χ2n) is 3.74. The van der Waals surface area contributed by atoms with E-state index in [2.05, 4.69) is 10.1 Å². The van der Waals surface area contributed by atoms with Crippen LogP contribution in [0.3, 0.4) is 0 Å². The molecular weight excluding hydrogens is 234 g/mol. The van der Waals surface area contributed by atoms with Crippen LogP contribution in [0, 0.1) is 0 Å². The van der Waals surface area contributed by atoms with E-state index in [-0.39, 0.29) is 13.0 Å². The summed E-state index contributed by atoms with van der Waals surface area (Å²) in [7, 11) is 1.30. The number of carbonyl (C=O) groups excluding carboxylic acids is 1. The Morgan fingerprint density at radius 3 is 2.83 bits per heavy atom. The van der Waals surface area contributed by atoms with E-state index in [4.69, 9.17) is 4.74 Å². The first-order valence-corrected chi connectivity index (χ1v) is 5.88. The number of ether oxygens (including phenoxy) is 2. The van der Waals surface area contributed by atoms with Gasteiger partial charge in [-0.3, -0.25) is 4.79 Å². The third kappa shape index (κ3) is 4.63. The van der Waals surface area contributed by atoms with Crippen molar-refractivity contribution in [2.45, 2.75) is 19.4 Å². The van der Waals surface area contributed by atoms with Crippen LogP contribution in [0.1, 0.15) is 13.3 Å². The molecule has 0 aliphatic rings. The molecule has 2 N–H and O–H groups in total. The first-order valence-electron chi connectivity index (χ1n) is 5.88. The molecule has 0 aliphatic carbocycles. The smallest absolute Gasteiger partial charge is 0.308 e. The summed E-state index contributed by atoms with van der Waals surface area (Å²) in [4.78, 5) is 11.0. The number of rotatable bonds is 7. The number of aliphatic hydroxyl groups excluding tert-OH is 1. The predicted molar refractivity (Wildman–Crippen MR) is 68.7 cm³/mol. The molecule has 1 aromatic rings. The van der Waals surface area contributed by atoms with Gasteiger partial charge in [0.05, 0.1) is 31.9 Å².